The van der Waals surface area contributed by atoms with Crippen LogP contribution in [0, 0.1) is 11.3 Å². The molecule has 0 N–H and O–H groups in total. The Morgan fingerprint density at radius 3 is 2.19 bits per heavy atom. The summed E-state index contributed by atoms with van der Waals surface area (Å²) in [6.45, 7) is 4.42. The molecule has 0 bridgehead atoms. The molecule has 1 unspecified atom stereocenters. The Bertz CT molecular complexity index is 1480. The number of hydrogen-bond acceptors (Lipinski definition) is 5. The van der Waals surface area contributed by atoms with Gasteiger partial charge in [-0.3, -0.25) is 9.69 Å². The molecule has 1 aliphatic rings. The second-order valence-electron chi connectivity index (χ2n) is 9.35. The van der Waals surface area contributed by atoms with Crippen LogP contribution in [0.15, 0.2) is 71.5 Å². The number of rotatable bonds is 5. The lowest BCUT2D eigenvalue weighted by Gasteiger charge is -2.46. The van der Waals surface area contributed by atoms with E-state index >= 15 is 0 Å². The monoisotopic (exact) mass is 531 g/mol. The predicted molar refractivity (Wildman–Crippen MR) is 149 cm³/mol. The van der Waals surface area contributed by atoms with Crippen LogP contribution >= 0.6 is 23.2 Å². The van der Waals surface area contributed by atoms with Gasteiger partial charge in [0.2, 0.25) is 0 Å². The van der Waals surface area contributed by atoms with Crippen molar-refractivity contribution in [3.8, 4) is 6.07 Å². The molecule has 6 nitrogen and oxygen atoms in total. The van der Waals surface area contributed by atoms with E-state index < -0.39 is 0 Å². The number of benzene rings is 2. The van der Waals surface area contributed by atoms with E-state index in [-0.39, 0.29) is 17.6 Å². The van der Waals surface area contributed by atoms with Crippen LogP contribution in [0.25, 0.3) is 11.0 Å². The highest BCUT2D eigenvalue weighted by atomic mass is 35.5. The third-order valence-corrected chi connectivity index (χ3v) is 7.73. The van der Waals surface area contributed by atoms with E-state index in [1.165, 1.54) is 0 Å². The zero-order valence-electron chi connectivity index (χ0n) is 20.7. The zero-order chi connectivity index (χ0) is 26.1. The zero-order valence-corrected chi connectivity index (χ0v) is 22.2. The van der Waals surface area contributed by atoms with Crippen LogP contribution in [-0.2, 0) is 7.05 Å². The predicted octanol–water partition coefficient (Wildman–Crippen LogP) is 5.80. The maximum atomic E-state index is 12.8. The van der Waals surface area contributed by atoms with Crippen molar-refractivity contribution in [2.24, 2.45) is 7.05 Å². The molecular weight excluding hydrogens is 505 g/mol. The van der Waals surface area contributed by atoms with Crippen molar-refractivity contribution >= 4 is 39.9 Å². The van der Waals surface area contributed by atoms with Crippen LogP contribution < -0.4 is 10.5 Å². The van der Waals surface area contributed by atoms with E-state index in [0.29, 0.717) is 21.3 Å². The fraction of sp³-hybridized carbons (Fsp3) is 0.276. The first kappa shape index (κ1) is 25.3. The average molecular weight is 532 g/mol. The number of fused-ring (bicyclic) bond motifs is 1. The number of anilines is 1. The van der Waals surface area contributed by atoms with E-state index in [4.69, 9.17) is 23.2 Å². The van der Waals surface area contributed by atoms with Gasteiger partial charge < -0.3 is 9.47 Å². The summed E-state index contributed by atoms with van der Waals surface area (Å²) in [4.78, 5) is 22.2. The minimum absolute atomic E-state index is 0.0327. The first-order chi connectivity index (χ1) is 17.9. The number of halogens is 2. The SMILES string of the molecule is CCC1CN(c2cc(=O)n(C)c3ccc(C#N)nc23)CCN1C(c1ccc(Cl)cc1)c1ccc(Cl)cc1. The summed E-state index contributed by atoms with van der Waals surface area (Å²) in [7, 11) is 1.73. The minimum atomic E-state index is -0.0929. The summed E-state index contributed by atoms with van der Waals surface area (Å²) >= 11 is 12.4. The Kier molecular flexibility index (Phi) is 7.21. The van der Waals surface area contributed by atoms with Crippen molar-refractivity contribution in [2.45, 2.75) is 25.4 Å². The second kappa shape index (κ2) is 10.5. The van der Waals surface area contributed by atoms with Crippen molar-refractivity contribution in [3.05, 3.63) is 104 Å². The lowest BCUT2D eigenvalue weighted by Crippen LogP contribution is -2.54. The van der Waals surface area contributed by atoms with Gasteiger partial charge in [0.1, 0.15) is 17.3 Å². The summed E-state index contributed by atoms with van der Waals surface area (Å²) in [6, 6.07) is 23.5. The maximum absolute atomic E-state index is 12.8. The number of piperazine rings is 1. The molecule has 1 saturated heterocycles. The van der Waals surface area contributed by atoms with Gasteiger partial charge in [0.05, 0.1) is 17.2 Å². The average Bonchev–Trinajstić information content (AvgIpc) is 2.92. The molecule has 2 aromatic heterocycles. The molecule has 8 heteroatoms. The third-order valence-electron chi connectivity index (χ3n) is 7.23. The highest BCUT2D eigenvalue weighted by Crippen LogP contribution is 2.35. The molecule has 0 radical (unpaired) electrons. The molecule has 0 aliphatic carbocycles. The van der Waals surface area contributed by atoms with Gasteiger partial charge in [-0.25, -0.2) is 4.98 Å². The topological polar surface area (TPSA) is 65.2 Å². The maximum Gasteiger partial charge on any atom is 0.252 e. The largest absolute Gasteiger partial charge is 0.367 e. The van der Waals surface area contributed by atoms with Gasteiger partial charge in [0.15, 0.2) is 0 Å². The molecule has 188 valence electrons. The minimum Gasteiger partial charge on any atom is -0.367 e. The van der Waals surface area contributed by atoms with Crippen LogP contribution in [0.3, 0.4) is 0 Å². The molecule has 1 atom stereocenters. The van der Waals surface area contributed by atoms with E-state index in [2.05, 4.69) is 52.0 Å². The molecule has 5 rings (SSSR count). The molecule has 0 spiro atoms. The number of pyridine rings is 2. The van der Waals surface area contributed by atoms with Crippen molar-refractivity contribution < 1.29 is 0 Å². The van der Waals surface area contributed by atoms with Crippen LogP contribution in [-0.4, -0.2) is 40.1 Å². The van der Waals surface area contributed by atoms with Gasteiger partial charge in [-0.1, -0.05) is 54.4 Å². The molecule has 1 aliphatic heterocycles. The number of nitrogens with zero attached hydrogens (tertiary/aromatic N) is 5. The Hall–Kier alpha value is -3.37. The number of nitriles is 1. The fourth-order valence-electron chi connectivity index (χ4n) is 5.27. The Labute approximate surface area is 226 Å². The second-order valence-corrected chi connectivity index (χ2v) is 10.2. The summed E-state index contributed by atoms with van der Waals surface area (Å²) < 4.78 is 1.58. The standard InChI is InChI=1S/C29H27Cl2N5O/c1-3-24-18-35(26-16-27(37)34(2)25-13-12-23(17-32)33-28(25)26)14-15-36(24)29(19-4-8-21(30)9-5-19)20-6-10-22(31)11-7-20/h4-13,16,24,29H,3,14-15,18H2,1-2H3. The van der Waals surface area contributed by atoms with Gasteiger partial charge in [-0.2, -0.15) is 5.26 Å². The smallest absolute Gasteiger partial charge is 0.252 e. The summed E-state index contributed by atoms with van der Waals surface area (Å²) in [5.41, 5.74) is 4.75. The Balaban J connectivity index is 1.54. The van der Waals surface area contributed by atoms with Gasteiger partial charge >= 0.3 is 0 Å². The van der Waals surface area contributed by atoms with Gasteiger partial charge in [-0.15, -0.1) is 0 Å². The third kappa shape index (κ3) is 4.95. The van der Waals surface area contributed by atoms with Crippen LogP contribution in [0.2, 0.25) is 10.0 Å². The van der Waals surface area contributed by atoms with E-state index in [1.54, 1.807) is 29.8 Å². The first-order valence-corrected chi connectivity index (χ1v) is 13.1. The van der Waals surface area contributed by atoms with Crippen molar-refractivity contribution in [3.63, 3.8) is 0 Å². The first-order valence-electron chi connectivity index (χ1n) is 12.3. The lowest BCUT2D eigenvalue weighted by atomic mass is 9.93. The highest BCUT2D eigenvalue weighted by molar-refractivity contribution is 6.30. The lowest BCUT2D eigenvalue weighted by molar-refractivity contribution is 0.135. The van der Waals surface area contributed by atoms with E-state index in [0.717, 1.165) is 48.4 Å². The van der Waals surface area contributed by atoms with E-state index in [1.807, 2.05) is 24.3 Å². The summed E-state index contributed by atoms with van der Waals surface area (Å²) in [5, 5.41) is 10.8. The van der Waals surface area contributed by atoms with Gasteiger partial charge in [0, 0.05) is 48.8 Å². The fourth-order valence-corrected chi connectivity index (χ4v) is 5.52. The molecule has 4 aromatic rings. The molecule has 37 heavy (non-hydrogen) atoms. The van der Waals surface area contributed by atoms with E-state index in [9.17, 15) is 10.1 Å². The molecule has 2 aromatic carbocycles. The van der Waals surface area contributed by atoms with Crippen molar-refractivity contribution in [1.29, 1.82) is 5.26 Å². The Morgan fingerprint density at radius 1 is 1.00 bits per heavy atom. The molecule has 0 saturated carbocycles. The molecule has 0 amide bonds. The van der Waals surface area contributed by atoms with Crippen LogP contribution in [0.5, 0.6) is 0 Å². The normalized spacial score (nSPS) is 16.3. The number of hydrogen-bond donors (Lipinski definition) is 0. The van der Waals surface area contributed by atoms with Crippen molar-refractivity contribution in [2.75, 3.05) is 24.5 Å². The van der Waals surface area contributed by atoms with Crippen molar-refractivity contribution in [1.82, 2.24) is 14.5 Å². The number of aromatic nitrogens is 2. The number of aryl methyl sites for hydroxylation is 1. The molecule has 1 fully saturated rings. The van der Waals surface area contributed by atoms with Crippen LogP contribution in [0.4, 0.5) is 5.69 Å². The summed E-state index contributed by atoms with van der Waals surface area (Å²) in [6.07, 6.45) is 0.924. The molecular formula is C29H27Cl2N5O. The Morgan fingerprint density at radius 2 is 1.62 bits per heavy atom. The van der Waals surface area contributed by atoms with Crippen LogP contribution in [0.1, 0.15) is 36.2 Å². The van der Waals surface area contributed by atoms with Gasteiger partial charge in [-0.05, 0) is 53.9 Å². The highest BCUT2D eigenvalue weighted by Gasteiger charge is 2.34. The van der Waals surface area contributed by atoms with Gasteiger partial charge in [0.25, 0.3) is 5.56 Å². The summed E-state index contributed by atoms with van der Waals surface area (Å²) in [5.74, 6) is 0. The quantitative estimate of drug-likeness (QED) is 0.325. The molecule has 3 heterocycles.